The molecule has 1 atom stereocenters. The van der Waals surface area contributed by atoms with Gasteiger partial charge in [0.1, 0.15) is 0 Å². The molecule has 82 valence electrons. The molecule has 2 N–H and O–H groups in total. The van der Waals surface area contributed by atoms with Crippen molar-refractivity contribution < 1.29 is 0 Å². The molecule has 1 saturated heterocycles. The van der Waals surface area contributed by atoms with Crippen molar-refractivity contribution in [3.63, 3.8) is 0 Å². The number of nitrogens with two attached hydrogens (primary N) is 1. The lowest BCUT2D eigenvalue weighted by Crippen LogP contribution is -2.46. The van der Waals surface area contributed by atoms with Gasteiger partial charge in [0.2, 0.25) is 0 Å². The quantitative estimate of drug-likeness (QED) is 0.841. The number of nitrogens with zero attached hydrogens (tertiary/aromatic N) is 1. The molecule has 15 heavy (non-hydrogen) atoms. The van der Waals surface area contributed by atoms with Gasteiger partial charge in [-0.15, -0.1) is 0 Å². The molecule has 0 amide bonds. The van der Waals surface area contributed by atoms with Crippen LogP contribution in [0.3, 0.4) is 0 Å². The van der Waals surface area contributed by atoms with E-state index < -0.39 is 0 Å². The average Bonchev–Trinajstić information content (AvgIpc) is 2.31. The lowest BCUT2D eigenvalue weighted by atomic mass is 10.2. The van der Waals surface area contributed by atoms with Crippen LogP contribution in [-0.2, 0) is 6.54 Å². The normalized spacial score (nSPS) is 22.9. The third-order valence-electron chi connectivity index (χ3n) is 2.85. The number of thioether (sulfide) groups is 1. The molecule has 1 aliphatic heterocycles. The summed E-state index contributed by atoms with van der Waals surface area (Å²) in [5, 5.41) is 0. The Morgan fingerprint density at radius 1 is 1.33 bits per heavy atom. The molecular formula is C12H18N2S. The average molecular weight is 222 g/mol. The summed E-state index contributed by atoms with van der Waals surface area (Å²) in [7, 11) is 0. The van der Waals surface area contributed by atoms with Gasteiger partial charge in [0.15, 0.2) is 0 Å². The summed E-state index contributed by atoms with van der Waals surface area (Å²) in [5.41, 5.74) is 7.18. The zero-order valence-corrected chi connectivity index (χ0v) is 9.75. The molecule has 2 nitrogen and oxygen atoms in total. The molecule has 2 rings (SSSR count). The topological polar surface area (TPSA) is 29.3 Å². The Balaban J connectivity index is 1.97. The van der Waals surface area contributed by atoms with E-state index in [-0.39, 0.29) is 0 Å². The molecule has 0 spiro atoms. The van der Waals surface area contributed by atoms with Gasteiger partial charge in [0, 0.05) is 37.2 Å². The highest BCUT2D eigenvalue weighted by Crippen LogP contribution is 2.18. The van der Waals surface area contributed by atoms with Gasteiger partial charge in [-0.2, -0.15) is 11.8 Å². The number of hydrogen-bond acceptors (Lipinski definition) is 3. The number of benzene rings is 1. The highest BCUT2D eigenvalue weighted by Gasteiger charge is 2.20. The molecule has 1 heterocycles. The monoisotopic (exact) mass is 222 g/mol. The molecule has 1 fully saturated rings. The molecule has 1 aromatic rings. The van der Waals surface area contributed by atoms with Gasteiger partial charge in [0.05, 0.1) is 0 Å². The highest BCUT2D eigenvalue weighted by molar-refractivity contribution is 7.99. The lowest BCUT2D eigenvalue weighted by molar-refractivity contribution is 0.215. The molecule has 1 unspecified atom stereocenters. The predicted octanol–water partition coefficient (Wildman–Crippen LogP) is 1.56. The van der Waals surface area contributed by atoms with Crippen LogP contribution >= 0.6 is 11.8 Å². The summed E-state index contributed by atoms with van der Waals surface area (Å²) in [4.78, 5) is 2.51. The van der Waals surface area contributed by atoms with Crippen LogP contribution in [0.1, 0.15) is 5.56 Å². The van der Waals surface area contributed by atoms with Gasteiger partial charge in [-0.1, -0.05) is 30.3 Å². The van der Waals surface area contributed by atoms with Crippen LogP contribution in [0.4, 0.5) is 0 Å². The highest BCUT2D eigenvalue weighted by atomic mass is 32.2. The second-order valence-electron chi connectivity index (χ2n) is 3.92. The van der Waals surface area contributed by atoms with E-state index in [0.29, 0.717) is 6.04 Å². The van der Waals surface area contributed by atoms with Crippen LogP contribution in [0.25, 0.3) is 0 Å². The van der Waals surface area contributed by atoms with Crippen LogP contribution in [0.2, 0.25) is 0 Å². The molecule has 0 bridgehead atoms. The molecule has 0 aliphatic carbocycles. The van der Waals surface area contributed by atoms with Crippen molar-refractivity contribution in [2.24, 2.45) is 5.73 Å². The first kappa shape index (κ1) is 11.0. The minimum Gasteiger partial charge on any atom is -0.329 e. The summed E-state index contributed by atoms with van der Waals surface area (Å²) in [5.74, 6) is 2.42. The van der Waals surface area contributed by atoms with Crippen molar-refractivity contribution in [3.05, 3.63) is 35.9 Å². The van der Waals surface area contributed by atoms with Gasteiger partial charge >= 0.3 is 0 Å². The van der Waals surface area contributed by atoms with Crippen molar-refractivity contribution in [2.45, 2.75) is 12.6 Å². The first-order chi connectivity index (χ1) is 7.40. The van der Waals surface area contributed by atoms with Crippen molar-refractivity contribution in [1.29, 1.82) is 0 Å². The van der Waals surface area contributed by atoms with E-state index in [1.165, 1.54) is 23.6 Å². The van der Waals surface area contributed by atoms with Crippen molar-refractivity contribution in [1.82, 2.24) is 4.90 Å². The Hall–Kier alpha value is -0.510. The van der Waals surface area contributed by atoms with E-state index in [1.807, 2.05) is 11.8 Å². The fourth-order valence-electron chi connectivity index (χ4n) is 1.93. The summed E-state index contributed by atoms with van der Waals surface area (Å²) in [6, 6.07) is 11.2. The number of hydrogen-bond donors (Lipinski definition) is 1. The van der Waals surface area contributed by atoms with E-state index in [4.69, 9.17) is 5.73 Å². The Labute approximate surface area is 95.8 Å². The van der Waals surface area contributed by atoms with E-state index in [2.05, 4.69) is 35.2 Å². The van der Waals surface area contributed by atoms with Gasteiger partial charge in [-0.05, 0) is 5.56 Å². The fourth-order valence-corrected chi connectivity index (χ4v) is 3.08. The molecular weight excluding hydrogens is 204 g/mol. The second-order valence-corrected chi connectivity index (χ2v) is 5.07. The van der Waals surface area contributed by atoms with Gasteiger partial charge in [-0.25, -0.2) is 0 Å². The van der Waals surface area contributed by atoms with Gasteiger partial charge < -0.3 is 5.73 Å². The third kappa shape index (κ3) is 2.97. The first-order valence-electron chi connectivity index (χ1n) is 5.46. The second kappa shape index (κ2) is 5.54. The van der Waals surface area contributed by atoms with Crippen molar-refractivity contribution in [2.75, 3.05) is 24.6 Å². The molecule has 1 aromatic carbocycles. The van der Waals surface area contributed by atoms with E-state index in [9.17, 15) is 0 Å². The minimum atomic E-state index is 0.559. The Bertz CT molecular complexity index is 289. The smallest absolute Gasteiger partial charge is 0.0312 e. The SMILES string of the molecule is NCC1CSCCN1Cc1ccccc1. The van der Waals surface area contributed by atoms with Gasteiger partial charge in [-0.3, -0.25) is 4.90 Å². The Morgan fingerprint density at radius 3 is 2.87 bits per heavy atom. The maximum Gasteiger partial charge on any atom is 0.0312 e. The minimum absolute atomic E-state index is 0.559. The van der Waals surface area contributed by atoms with Crippen LogP contribution in [0.15, 0.2) is 30.3 Å². The summed E-state index contributed by atoms with van der Waals surface area (Å²) in [6.45, 7) is 2.99. The number of rotatable bonds is 3. The maximum atomic E-state index is 5.79. The molecule has 0 saturated carbocycles. The zero-order chi connectivity index (χ0) is 10.5. The van der Waals surface area contributed by atoms with E-state index >= 15 is 0 Å². The molecule has 0 aromatic heterocycles. The summed E-state index contributed by atoms with van der Waals surface area (Å²) < 4.78 is 0. The zero-order valence-electron chi connectivity index (χ0n) is 8.93. The first-order valence-corrected chi connectivity index (χ1v) is 6.61. The van der Waals surface area contributed by atoms with Gasteiger partial charge in [0.25, 0.3) is 0 Å². The predicted molar refractivity (Wildman–Crippen MR) is 67.0 cm³/mol. The lowest BCUT2D eigenvalue weighted by Gasteiger charge is -2.34. The largest absolute Gasteiger partial charge is 0.329 e. The standard InChI is InChI=1S/C12H18N2S/c13-8-12-10-15-7-6-14(12)9-11-4-2-1-3-5-11/h1-5,12H,6-10,13H2. The fraction of sp³-hybridized carbons (Fsp3) is 0.500. The van der Waals surface area contributed by atoms with Crippen LogP contribution < -0.4 is 5.73 Å². The van der Waals surface area contributed by atoms with Crippen LogP contribution in [0, 0.1) is 0 Å². The van der Waals surface area contributed by atoms with Crippen LogP contribution in [0.5, 0.6) is 0 Å². The van der Waals surface area contributed by atoms with Crippen molar-refractivity contribution >= 4 is 11.8 Å². The Morgan fingerprint density at radius 2 is 2.13 bits per heavy atom. The third-order valence-corrected chi connectivity index (χ3v) is 3.94. The summed E-state index contributed by atoms with van der Waals surface area (Å²) in [6.07, 6.45) is 0. The van der Waals surface area contributed by atoms with Crippen molar-refractivity contribution in [3.8, 4) is 0 Å². The maximum absolute atomic E-state index is 5.79. The van der Waals surface area contributed by atoms with Crippen LogP contribution in [-0.4, -0.2) is 35.5 Å². The molecule has 3 heteroatoms. The molecule has 0 radical (unpaired) electrons. The van der Waals surface area contributed by atoms with E-state index in [1.54, 1.807) is 0 Å². The Kier molecular flexibility index (Phi) is 4.06. The van der Waals surface area contributed by atoms with E-state index in [0.717, 1.165) is 13.1 Å². The molecule has 1 aliphatic rings. The summed E-state index contributed by atoms with van der Waals surface area (Å²) >= 11 is 2.02.